The molecule has 2 aliphatic rings. The van der Waals surface area contributed by atoms with Crippen LogP contribution >= 0.6 is 11.3 Å². The summed E-state index contributed by atoms with van der Waals surface area (Å²) in [6, 6.07) is 5.48. The Bertz CT molecular complexity index is 1120. The van der Waals surface area contributed by atoms with Crippen LogP contribution in [0.3, 0.4) is 0 Å². The third kappa shape index (κ3) is 5.35. The molecule has 0 spiro atoms. The fourth-order valence-electron chi connectivity index (χ4n) is 4.43. The number of carbonyl (C=O) groups excluding carboxylic acids is 3. The minimum atomic E-state index is -0.525. The van der Waals surface area contributed by atoms with Gasteiger partial charge in [-0.25, -0.2) is 0 Å². The summed E-state index contributed by atoms with van der Waals surface area (Å²) in [6.07, 6.45) is 2.70. The van der Waals surface area contributed by atoms with Crippen LogP contribution in [0.4, 0.5) is 5.00 Å². The molecule has 9 heteroatoms. The lowest BCUT2D eigenvalue weighted by atomic mass is 9.72. The summed E-state index contributed by atoms with van der Waals surface area (Å²) in [6.45, 7) is 7.21. The molecule has 0 unspecified atom stereocenters. The van der Waals surface area contributed by atoms with E-state index in [0.29, 0.717) is 34.5 Å². The average molecular weight is 486 g/mol. The highest BCUT2D eigenvalue weighted by molar-refractivity contribution is 7.17. The molecule has 2 heterocycles. The molecule has 2 aromatic rings. The molecule has 0 fully saturated rings. The first-order chi connectivity index (χ1) is 16.1. The molecule has 1 aliphatic carbocycles. The van der Waals surface area contributed by atoms with Crippen LogP contribution in [0.25, 0.3) is 0 Å². The minimum absolute atomic E-state index is 0.0123. The highest BCUT2D eigenvalue weighted by Crippen LogP contribution is 2.44. The molecule has 4 rings (SSSR count). The van der Waals surface area contributed by atoms with Crippen molar-refractivity contribution in [2.45, 2.75) is 59.4 Å². The zero-order valence-corrected chi connectivity index (χ0v) is 20.6. The van der Waals surface area contributed by atoms with Crippen molar-refractivity contribution in [3.8, 4) is 11.5 Å². The number of ether oxygens (including phenoxy) is 2. The third-order valence-electron chi connectivity index (χ3n) is 6.50. The van der Waals surface area contributed by atoms with Crippen LogP contribution in [0.2, 0.25) is 0 Å². The second-order valence-electron chi connectivity index (χ2n) is 9.89. The molecule has 1 aromatic heterocycles. The Hall–Kier alpha value is -3.07. The normalized spacial score (nSPS) is 16.6. The number of primary amides is 1. The minimum Gasteiger partial charge on any atom is -0.454 e. The van der Waals surface area contributed by atoms with Crippen molar-refractivity contribution in [3.63, 3.8) is 0 Å². The summed E-state index contributed by atoms with van der Waals surface area (Å²) in [7, 11) is 0. The van der Waals surface area contributed by atoms with Crippen LogP contribution < -0.4 is 25.8 Å². The van der Waals surface area contributed by atoms with E-state index in [9.17, 15) is 14.4 Å². The summed E-state index contributed by atoms with van der Waals surface area (Å²) >= 11 is 1.43. The van der Waals surface area contributed by atoms with Gasteiger partial charge in [0.05, 0.1) is 5.56 Å². The van der Waals surface area contributed by atoms with E-state index in [0.717, 1.165) is 35.3 Å². The smallest absolute Gasteiger partial charge is 0.251 e. The Morgan fingerprint density at radius 2 is 1.85 bits per heavy atom. The van der Waals surface area contributed by atoms with Crippen LogP contribution in [0.15, 0.2) is 18.2 Å². The van der Waals surface area contributed by atoms with Crippen LogP contribution in [-0.2, 0) is 29.0 Å². The molecule has 0 saturated heterocycles. The van der Waals surface area contributed by atoms with E-state index in [1.807, 2.05) is 12.1 Å². The molecule has 1 aromatic carbocycles. The van der Waals surface area contributed by atoms with Gasteiger partial charge in [-0.2, -0.15) is 0 Å². The highest BCUT2D eigenvalue weighted by Gasteiger charge is 2.33. The monoisotopic (exact) mass is 485 g/mol. The Morgan fingerprint density at radius 1 is 1.12 bits per heavy atom. The van der Waals surface area contributed by atoms with Crippen molar-refractivity contribution in [1.29, 1.82) is 0 Å². The van der Waals surface area contributed by atoms with Crippen molar-refractivity contribution in [1.82, 2.24) is 5.32 Å². The molecule has 0 saturated carbocycles. The number of nitrogens with two attached hydrogens (primary N) is 1. The van der Waals surface area contributed by atoms with E-state index in [2.05, 4.69) is 31.4 Å². The number of anilines is 1. The zero-order valence-electron chi connectivity index (χ0n) is 19.8. The van der Waals surface area contributed by atoms with Gasteiger partial charge in [0.1, 0.15) is 5.00 Å². The highest BCUT2D eigenvalue weighted by atomic mass is 32.1. The molecule has 0 radical (unpaired) electrons. The molecule has 3 amide bonds. The second kappa shape index (κ2) is 9.66. The number of thiophene rings is 1. The number of hydrogen-bond acceptors (Lipinski definition) is 6. The molecular weight excluding hydrogens is 454 g/mol. The summed E-state index contributed by atoms with van der Waals surface area (Å²) in [5.41, 5.74) is 8.11. The van der Waals surface area contributed by atoms with E-state index in [-0.39, 0.29) is 36.9 Å². The maximum absolute atomic E-state index is 12.6. The van der Waals surface area contributed by atoms with Crippen molar-refractivity contribution in [2.75, 3.05) is 12.1 Å². The molecule has 1 atom stereocenters. The van der Waals surface area contributed by atoms with Crippen LogP contribution in [-0.4, -0.2) is 24.5 Å². The fraction of sp³-hybridized carbons (Fsp3) is 0.480. The number of nitrogens with one attached hydrogen (secondary N) is 2. The number of hydrogen-bond donors (Lipinski definition) is 3. The summed E-state index contributed by atoms with van der Waals surface area (Å²) in [5.74, 6) is 0.781. The van der Waals surface area contributed by atoms with Crippen molar-refractivity contribution < 1.29 is 23.9 Å². The lowest BCUT2D eigenvalue weighted by Gasteiger charge is -2.33. The lowest BCUT2D eigenvalue weighted by Crippen LogP contribution is -2.27. The van der Waals surface area contributed by atoms with Crippen molar-refractivity contribution >= 4 is 34.1 Å². The van der Waals surface area contributed by atoms with Gasteiger partial charge in [-0.1, -0.05) is 26.8 Å². The molecule has 8 nitrogen and oxygen atoms in total. The first-order valence-corrected chi connectivity index (χ1v) is 12.3. The van der Waals surface area contributed by atoms with E-state index in [1.54, 1.807) is 6.07 Å². The van der Waals surface area contributed by atoms with Gasteiger partial charge < -0.3 is 25.8 Å². The van der Waals surface area contributed by atoms with E-state index < -0.39 is 5.91 Å². The number of carbonyl (C=O) groups is 3. The molecule has 4 N–H and O–H groups in total. The molecule has 0 bridgehead atoms. The van der Waals surface area contributed by atoms with Gasteiger partial charge >= 0.3 is 0 Å². The third-order valence-corrected chi connectivity index (χ3v) is 7.66. The quantitative estimate of drug-likeness (QED) is 0.552. The fourth-order valence-corrected chi connectivity index (χ4v) is 5.78. The summed E-state index contributed by atoms with van der Waals surface area (Å²) in [5, 5.41) is 6.14. The van der Waals surface area contributed by atoms with Crippen LogP contribution in [0, 0.1) is 11.3 Å². The second-order valence-corrected chi connectivity index (χ2v) is 11.0. The maximum Gasteiger partial charge on any atom is 0.251 e. The topological polar surface area (TPSA) is 120 Å². The van der Waals surface area contributed by atoms with Crippen LogP contribution in [0.1, 0.15) is 66.4 Å². The Morgan fingerprint density at radius 3 is 2.59 bits per heavy atom. The summed E-state index contributed by atoms with van der Waals surface area (Å²) in [4.78, 5) is 38.1. The standard InChI is InChI=1S/C25H31N3O5S/c1-25(2,3)15-5-6-16-19(11-15)34-24(22(16)23(26)31)28-21(30)9-8-20(29)27-12-14-4-7-17-18(10-14)33-13-32-17/h4,7,10,15H,5-6,8-9,11-13H2,1-3H3,(H2,26,31)(H,27,29)(H,28,30)/t15-/m1/s1. The predicted octanol–water partition coefficient (Wildman–Crippen LogP) is 3.76. The lowest BCUT2D eigenvalue weighted by molar-refractivity contribution is -0.124. The van der Waals surface area contributed by atoms with Gasteiger partial charge in [-0.15, -0.1) is 11.3 Å². The van der Waals surface area contributed by atoms with Gasteiger partial charge in [0.15, 0.2) is 11.5 Å². The Labute approximate surface area is 203 Å². The summed E-state index contributed by atoms with van der Waals surface area (Å²) < 4.78 is 10.6. The first kappa shape index (κ1) is 24.1. The maximum atomic E-state index is 12.6. The number of fused-ring (bicyclic) bond motifs is 2. The zero-order chi connectivity index (χ0) is 24.5. The van der Waals surface area contributed by atoms with E-state index in [4.69, 9.17) is 15.2 Å². The van der Waals surface area contributed by atoms with Gasteiger partial charge in [0.25, 0.3) is 5.91 Å². The van der Waals surface area contributed by atoms with Crippen molar-refractivity contribution in [2.24, 2.45) is 17.1 Å². The average Bonchev–Trinajstić information content (AvgIpc) is 3.38. The number of amides is 3. The predicted molar refractivity (Wildman–Crippen MR) is 130 cm³/mol. The molecule has 34 heavy (non-hydrogen) atoms. The largest absolute Gasteiger partial charge is 0.454 e. The van der Waals surface area contributed by atoms with Gasteiger partial charge in [0, 0.05) is 24.3 Å². The molecule has 182 valence electrons. The first-order valence-electron chi connectivity index (χ1n) is 11.5. The van der Waals surface area contributed by atoms with E-state index >= 15 is 0 Å². The van der Waals surface area contributed by atoms with Crippen LogP contribution in [0.5, 0.6) is 11.5 Å². The van der Waals surface area contributed by atoms with Gasteiger partial charge in [0.2, 0.25) is 18.6 Å². The van der Waals surface area contributed by atoms with E-state index in [1.165, 1.54) is 11.3 Å². The number of rotatable bonds is 7. The van der Waals surface area contributed by atoms with Gasteiger partial charge in [-0.3, -0.25) is 14.4 Å². The molecule has 1 aliphatic heterocycles. The van der Waals surface area contributed by atoms with Crippen molar-refractivity contribution in [3.05, 3.63) is 39.8 Å². The molecular formula is C25H31N3O5S. The Balaban J connectivity index is 1.31. The van der Waals surface area contributed by atoms with Gasteiger partial charge in [-0.05, 0) is 53.9 Å². The SMILES string of the molecule is CC(C)(C)[C@@H]1CCc2c(sc(NC(=O)CCC(=O)NCc3ccc4c(c3)OCO4)c2C(N)=O)C1. The Kier molecular flexibility index (Phi) is 6.84. The number of benzene rings is 1.